The Morgan fingerprint density at radius 1 is 1.20 bits per heavy atom. The van der Waals surface area contributed by atoms with Gasteiger partial charge in [0.2, 0.25) is 0 Å². The highest BCUT2D eigenvalue weighted by molar-refractivity contribution is 5.19. The third kappa shape index (κ3) is 3.95. The molecule has 0 aliphatic rings. The zero-order chi connectivity index (χ0) is 8.15. The van der Waals surface area contributed by atoms with Gasteiger partial charge in [-0.05, 0) is 19.1 Å². The number of halogens is 3. The van der Waals surface area contributed by atoms with Crippen molar-refractivity contribution < 1.29 is 13.2 Å². The molecule has 0 aliphatic heterocycles. The highest BCUT2D eigenvalue weighted by Gasteiger charge is 1.93. The zero-order valence-electron chi connectivity index (χ0n) is 5.50. The maximum Gasteiger partial charge on any atom is 0.154 e. The Morgan fingerprint density at radius 2 is 1.70 bits per heavy atom. The van der Waals surface area contributed by atoms with Crippen LogP contribution >= 0.6 is 0 Å². The van der Waals surface area contributed by atoms with Crippen molar-refractivity contribution in [1.29, 1.82) is 0 Å². The molecular weight excluding hydrogens is 141 g/mol. The zero-order valence-corrected chi connectivity index (χ0v) is 5.50. The molecule has 0 nitrogen and oxygen atoms in total. The van der Waals surface area contributed by atoms with Crippen LogP contribution in [0.15, 0.2) is 36.2 Å². The molecule has 0 aromatic rings. The van der Waals surface area contributed by atoms with Gasteiger partial charge in [0.1, 0.15) is 11.7 Å². The van der Waals surface area contributed by atoms with E-state index in [1.807, 2.05) is 0 Å². The van der Waals surface area contributed by atoms with Crippen LogP contribution in [0.2, 0.25) is 0 Å². The highest BCUT2D eigenvalue weighted by atomic mass is 19.2. The van der Waals surface area contributed by atoms with Crippen LogP contribution in [0, 0.1) is 0 Å². The largest absolute Gasteiger partial charge is 0.209 e. The Labute approximate surface area is 57.4 Å². The molecule has 3 heteroatoms. The number of allylic oxidation sites excluding steroid dienone is 5. The summed E-state index contributed by atoms with van der Waals surface area (Å²) in [6, 6.07) is 0. The lowest BCUT2D eigenvalue weighted by atomic mass is 10.4. The van der Waals surface area contributed by atoms with Crippen molar-refractivity contribution in [3.8, 4) is 0 Å². The van der Waals surface area contributed by atoms with Crippen LogP contribution < -0.4 is 0 Å². The van der Waals surface area contributed by atoms with E-state index in [4.69, 9.17) is 0 Å². The fourth-order valence-corrected chi connectivity index (χ4v) is 0.278. The topological polar surface area (TPSA) is 0 Å². The Kier molecular flexibility index (Phi) is 3.54. The molecular formula is C7H7F3. The summed E-state index contributed by atoms with van der Waals surface area (Å²) < 4.78 is 35.7. The van der Waals surface area contributed by atoms with Gasteiger partial charge >= 0.3 is 0 Å². The quantitative estimate of drug-likeness (QED) is 0.527. The lowest BCUT2D eigenvalue weighted by Crippen LogP contribution is -1.69. The summed E-state index contributed by atoms with van der Waals surface area (Å²) in [5, 5.41) is 0. The Morgan fingerprint density at radius 3 is 2.00 bits per heavy atom. The van der Waals surface area contributed by atoms with Crippen molar-refractivity contribution in [2.45, 2.75) is 6.92 Å². The van der Waals surface area contributed by atoms with Crippen LogP contribution in [0.3, 0.4) is 0 Å². The van der Waals surface area contributed by atoms with Gasteiger partial charge in [-0.15, -0.1) is 0 Å². The summed E-state index contributed by atoms with van der Waals surface area (Å²) in [7, 11) is 0. The third-order valence-corrected chi connectivity index (χ3v) is 0.740. The summed E-state index contributed by atoms with van der Waals surface area (Å²) in [6.07, 6.45) is 1.43. The average molecular weight is 148 g/mol. The van der Waals surface area contributed by atoms with Gasteiger partial charge in [-0.2, -0.15) is 0 Å². The van der Waals surface area contributed by atoms with Crippen molar-refractivity contribution in [3.63, 3.8) is 0 Å². The lowest BCUT2D eigenvalue weighted by Gasteiger charge is -1.85. The predicted molar refractivity (Wildman–Crippen MR) is 34.3 cm³/mol. The normalized spacial score (nSPS) is 13.6. The average Bonchev–Trinajstić information content (AvgIpc) is 1.82. The van der Waals surface area contributed by atoms with E-state index in [-0.39, 0.29) is 0 Å². The monoisotopic (exact) mass is 148 g/mol. The van der Waals surface area contributed by atoms with Crippen molar-refractivity contribution in [2.24, 2.45) is 0 Å². The summed E-state index contributed by atoms with van der Waals surface area (Å²) >= 11 is 0. The highest BCUT2D eigenvalue weighted by Crippen LogP contribution is 2.09. The molecule has 0 saturated heterocycles. The molecule has 0 N–H and O–H groups in total. The van der Waals surface area contributed by atoms with E-state index in [1.54, 1.807) is 0 Å². The second-order valence-corrected chi connectivity index (χ2v) is 1.66. The van der Waals surface area contributed by atoms with Gasteiger partial charge in [-0.1, -0.05) is 6.58 Å². The minimum absolute atomic E-state index is 0.678. The summed E-state index contributed by atoms with van der Waals surface area (Å²) in [6.45, 7) is 3.77. The molecule has 0 aromatic carbocycles. The predicted octanol–water partition coefficient (Wildman–Crippen LogP) is 3.20. The molecule has 0 aromatic heterocycles. The van der Waals surface area contributed by atoms with E-state index < -0.39 is 17.5 Å². The van der Waals surface area contributed by atoms with E-state index in [1.165, 1.54) is 0 Å². The van der Waals surface area contributed by atoms with Crippen LogP contribution in [0.5, 0.6) is 0 Å². The smallest absolute Gasteiger partial charge is 0.154 e. The van der Waals surface area contributed by atoms with E-state index >= 15 is 0 Å². The van der Waals surface area contributed by atoms with Gasteiger partial charge in [0.25, 0.3) is 0 Å². The fraction of sp³-hybridized carbons (Fsp3) is 0.143. The molecule has 10 heavy (non-hydrogen) atoms. The van der Waals surface area contributed by atoms with Crippen LogP contribution in [0.1, 0.15) is 6.92 Å². The van der Waals surface area contributed by atoms with Gasteiger partial charge in [0.05, 0.1) is 0 Å². The molecule has 0 radical (unpaired) electrons. The molecule has 0 unspecified atom stereocenters. The fourth-order valence-electron chi connectivity index (χ4n) is 0.278. The van der Waals surface area contributed by atoms with Crippen molar-refractivity contribution in [1.82, 2.24) is 0 Å². The van der Waals surface area contributed by atoms with Crippen LogP contribution in [-0.2, 0) is 0 Å². The second kappa shape index (κ2) is 3.93. The first-order valence-electron chi connectivity index (χ1n) is 2.58. The number of hydrogen-bond donors (Lipinski definition) is 0. The molecule has 0 atom stereocenters. The summed E-state index contributed by atoms with van der Waals surface area (Å²) in [5.74, 6) is -2.87. The van der Waals surface area contributed by atoms with Crippen molar-refractivity contribution in [2.75, 3.05) is 0 Å². The molecule has 0 bridgehead atoms. The van der Waals surface area contributed by atoms with E-state index in [0.29, 0.717) is 6.08 Å². The van der Waals surface area contributed by atoms with Gasteiger partial charge in [-0.25, -0.2) is 13.2 Å². The molecule has 0 amide bonds. The maximum atomic E-state index is 12.1. The van der Waals surface area contributed by atoms with Crippen LogP contribution in [-0.4, -0.2) is 0 Å². The lowest BCUT2D eigenvalue weighted by molar-refractivity contribution is 0.555. The first kappa shape index (κ1) is 9.01. The summed E-state index contributed by atoms with van der Waals surface area (Å²) in [4.78, 5) is 0. The van der Waals surface area contributed by atoms with E-state index in [9.17, 15) is 13.2 Å². The van der Waals surface area contributed by atoms with Gasteiger partial charge < -0.3 is 0 Å². The van der Waals surface area contributed by atoms with Crippen LogP contribution in [0.25, 0.3) is 0 Å². The molecule has 0 rings (SSSR count). The number of hydrogen-bond acceptors (Lipinski definition) is 0. The minimum atomic E-state index is -1.08. The van der Waals surface area contributed by atoms with Gasteiger partial charge in [0.15, 0.2) is 5.83 Å². The molecule has 0 fully saturated rings. The molecule has 0 spiro atoms. The van der Waals surface area contributed by atoms with Crippen molar-refractivity contribution in [3.05, 3.63) is 36.2 Å². The summed E-state index contributed by atoms with van der Waals surface area (Å²) in [5.41, 5.74) is 0. The molecule has 0 aliphatic carbocycles. The van der Waals surface area contributed by atoms with E-state index in [2.05, 4.69) is 6.58 Å². The van der Waals surface area contributed by atoms with Crippen molar-refractivity contribution >= 4 is 0 Å². The Hall–Kier alpha value is -0.990. The minimum Gasteiger partial charge on any atom is -0.209 e. The number of rotatable bonds is 2. The third-order valence-electron chi connectivity index (χ3n) is 0.740. The Balaban J connectivity index is 4.16. The van der Waals surface area contributed by atoms with E-state index in [0.717, 1.165) is 13.0 Å². The maximum absolute atomic E-state index is 12.1. The first-order valence-corrected chi connectivity index (χ1v) is 2.58. The first-order chi connectivity index (χ1) is 4.54. The Bertz CT molecular complexity index is 185. The molecule has 0 heterocycles. The molecule has 0 saturated carbocycles. The van der Waals surface area contributed by atoms with Crippen LogP contribution in [0.4, 0.5) is 13.2 Å². The standard InChI is InChI=1S/C7H7F3/c1-5(8)3-4-7(10)6(2)9/h3-4H,1H2,2H3/b4-3-,7-6-. The SMILES string of the molecule is C=C(F)/C=C\C(F)=C(/C)F. The van der Waals surface area contributed by atoms with Gasteiger partial charge in [0, 0.05) is 0 Å². The van der Waals surface area contributed by atoms with Gasteiger partial charge in [-0.3, -0.25) is 0 Å². The second-order valence-electron chi connectivity index (χ2n) is 1.66. The molecule has 56 valence electrons.